The van der Waals surface area contributed by atoms with Crippen LogP contribution in [0.4, 0.5) is 0 Å². The smallest absolute Gasteiger partial charge is 0.214 e. The lowest BCUT2D eigenvalue weighted by Crippen LogP contribution is -2.65. The number of ether oxygens (including phenoxy) is 4. The second kappa shape index (κ2) is 2.72. The van der Waals surface area contributed by atoms with Gasteiger partial charge in [-0.15, -0.1) is 0 Å². The quantitative estimate of drug-likeness (QED) is 0.508. The second-order valence-electron chi connectivity index (χ2n) is 3.95. The van der Waals surface area contributed by atoms with Gasteiger partial charge in [-0.05, 0) is 0 Å². The first-order chi connectivity index (χ1) is 7.83. The van der Waals surface area contributed by atoms with Crippen LogP contribution in [0.3, 0.4) is 0 Å². The van der Waals surface area contributed by atoms with Crippen molar-refractivity contribution in [2.75, 3.05) is 0 Å². The molecule has 16 heavy (non-hydrogen) atoms. The van der Waals surface area contributed by atoms with Crippen molar-refractivity contribution < 1.29 is 28.5 Å². The maximum Gasteiger partial charge on any atom is 0.214 e. The van der Waals surface area contributed by atoms with Crippen molar-refractivity contribution in [3.8, 4) is 0 Å². The molecule has 5 fully saturated rings. The van der Waals surface area contributed by atoms with E-state index in [4.69, 9.17) is 18.9 Å². The van der Waals surface area contributed by atoms with Gasteiger partial charge in [-0.2, -0.15) is 0 Å². The van der Waals surface area contributed by atoms with E-state index in [9.17, 15) is 9.59 Å². The minimum atomic E-state index is -0.683. The Labute approximate surface area is 89.6 Å². The predicted octanol–water partition coefficient (Wildman–Crippen LogP) is -2.02. The van der Waals surface area contributed by atoms with Gasteiger partial charge in [0.25, 0.3) is 0 Å². The third-order valence-electron chi connectivity index (χ3n) is 3.22. The summed E-state index contributed by atoms with van der Waals surface area (Å²) in [5, 5.41) is 0. The van der Waals surface area contributed by atoms with Crippen LogP contribution in [-0.2, 0) is 28.5 Å². The fourth-order valence-corrected chi connectivity index (χ4v) is 2.54. The van der Waals surface area contributed by atoms with E-state index in [0.29, 0.717) is 12.8 Å². The lowest BCUT2D eigenvalue weighted by Gasteiger charge is -2.44. The third kappa shape index (κ3) is 0.810. The molecule has 5 heterocycles. The minimum Gasteiger partial charge on any atom is -0.319 e. The highest BCUT2D eigenvalue weighted by Crippen LogP contribution is 2.44. The first-order valence-corrected chi connectivity index (χ1v) is 4.91. The maximum atomic E-state index is 11.0. The van der Waals surface area contributed by atoms with E-state index in [2.05, 4.69) is 0 Å². The molecule has 5 aliphatic rings. The number of carbonyl (C=O) groups excluding carboxylic acids is 2. The summed E-state index contributed by atoms with van der Waals surface area (Å²) in [5.41, 5.74) is 0. The zero-order valence-corrected chi connectivity index (χ0v) is 7.96. The van der Waals surface area contributed by atoms with Crippen LogP contribution in [0.1, 0.15) is 0 Å². The summed E-state index contributed by atoms with van der Waals surface area (Å²) in [6, 6.07) is 0. The zero-order valence-electron chi connectivity index (χ0n) is 7.96. The van der Waals surface area contributed by atoms with Gasteiger partial charge in [0.15, 0.2) is 24.9 Å². The number of hydrogen-bond acceptors (Lipinski definition) is 6. The van der Waals surface area contributed by atoms with E-state index in [1.54, 1.807) is 0 Å². The Hall–Kier alpha value is -1.22. The molecule has 4 unspecified atom stereocenters. The predicted molar refractivity (Wildman–Crippen MR) is 42.9 cm³/mol. The highest BCUT2D eigenvalue weighted by Gasteiger charge is 2.65. The molecule has 2 amide bonds. The molecule has 0 aromatic rings. The molecule has 0 radical (unpaired) electrons. The number of piperazine rings is 1. The summed E-state index contributed by atoms with van der Waals surface area (Å²) >= 11 is 0. The van der Waals surface area contributed by atoms with Crippen molar-refractivity contribution in [3.63, 3.8) is 0 Å². The van der Waals surface area contributed by atoms with Gasteiger partial charge in [0, 0.05) is 0 Å². The molecular weight excluding hydrogens is 220 g/mol. The van der Waals surface area contributed by atoms with E-state index >= 15 is 0 Å². The monoisotopic (exact) mass is 228 g/mol. The highest BCUT2D eigenvalue weighted by atomic mass is 16.9. The van der Waals surface area contributed by atoms with Crippen LogP contribution in [-0.4, -0.2) is 60.1 Å². The van der Waals surface area contributed by atoms with Crippen LogP contribution in [0.25, 0.3) is 0 Å². The van der Waals surface area contributed by atoms with Gasteiger partial charge in [-0.25, -0.2) is 0 Å². The Balaban J connectivity index is 1.85. The lowest BCUT2D eigenvalue weighted by atomic mass is 10.2. The molecule has 8 nitrogen and oxygen atoms in total. The fraction of sp³-hybridized carbons (Fsp3) is 0.750. The van der Waals surface area contributed by atoms with Gasteiger partial charge < -0.3 is 18.9 Å². The van der Waals surface area contributed by atoms with Crippen LogP contribution in [0, 0.1) is 0 Å². The molecule has 0 aromatic heterocycles. The highest BCUT2D eigenvalue weighted by molar-refractivity contribution is 5.53. The molecule has 6 bridgehead atoms. The molecule has 0 spiro atoms. The van der Waals surface area contributed by atoms with Crippen LogP contribution >= 0.6 is 0 Å². The average molecular weight is 228 g/mol. The van der Waals surface area contributed by atoms with Gasteiger partial charge in [-0.3, -0.25) is 19.4 Å². The normalized spacial score (nSPS) is 52.2. The van der Waals surface area contributed by atoms with Gasteiger partial charge in [-0.1, -0.05) is 0 Å². The van der Waals surface area contributed by atoms with Crippen molar-refractivity contribution in [1.82, 2.24) is 9.80 Å². The van der Waals surface area contributed by atoms with Gasteiger partial charge in [0.1, 0.15) is 0 Å². The third-order valence-corrected chi connectivity index (χ3v) is 3.22. The standard InChI is InChI=1S/C8H8N2O6/c11-1-9-3-5-10(2-12)6-4(9)14-8(16-6)7(13-3)15-5/h1-8H. The topological polar surface area (TPSA) is 77.5 Å². The van der Waals surface area contributed by atoms with Crippen molar-refractivity contribution in [2.45, 2.75) is 37.5 Å². The molecule has 8 heteroatoms. The lowest BCUT2D eigenvalue weighted by molar-refractivity contribution is -0.212. The largest absolute Gasteiger partial charge is 0.319 e. The van der Waals surface area contributed by atoms with Crippen LogP contribution < -0.4 is 0 Å². The van der Waals surface area contributed by atoms with E-state index in [0.717, 1.165) is 0 Å². The van der Waals surface area contributed by atoms with Gasteiger partial charge >= 0.3 is 0 Å². The Bertz CT molecular complexity index is 306. The van der Waals surface area contributed by atoms with E-state index in [1.165, 1.54) is 9.80 Å². The van der Waals surface area contributed by atoms with Crippen molar-refractivity contribution in [1.29, 1.82) is 0 Å². The summed E-state index contributed by atoms with van der Waals surface area (Å²) < 4.78 is 21.9. The minimum absolute atomic E-state index is 0.608. The average Bonchev–Trinajstić information content (AvgIpc) is 2.79. The number of nitrogens with zero attached hydrogens (tertiary/aromatic N) is 2. The molecule has 0 N–H and O–H groups in total. The van der Waals surface area contributed by atoms with Gasteiger partial charge in [0.2, 0.25) is 25.4 Å². The number of carbonyl (C=O) groups is 2. The van der Waals surface area contributed by atoms with Crippen LogP contribution in [0.5, 0.6) is 0 Å². The van der Waals surface area contributed by atoms with Crippen molar-refractivity contribution in [3.05, 3.63) is 0 Å². The molecule has 0 aliphatic carbocycles. The Morgan fingerprint density at radius 3 is 1.25 bits per heavy atom. The molecule has 0 aromatic carbocycles. The second-order valence-corrected chi connectivity index (χ2v) is 3.95. The maximum absolute atomic E-state index is 11.0. The summed E-state index contributed by atoms with van der Waals surface area (Å²) in [6.45, 7) is 0. The summed E-state index contributed by atoms with van der Waals surface area (Å²) in [7, 11) is 0. The van der Waals surface area contributed by atoms with Crippen LogP contribution in [0.2, 0.25) is 0 Å². The SMILES string of the molecule is O=CN1C2OC3OC2N(C=O)C2OC3OC21. The molecule has 5 aliphatic heterocycles. The molecule has 5 rings (SSSR count). The Morgan fingerprint density at radius 2 is 1.00 bits per heavy atom. The van der Waals surface area contributed by atoms with E-state index < -0.39 is 37.5 Å². The van der Waals surface area contributed by atoms with Gasteiger partial charge in [0.05, 0.1) is 0 Å². The molecular formula is C8H8N2O6. The number of hydrogen-bond donors (Lipinski definition) is 0. The first-order valence-electron chi connectivity index (χ1n) is 4.91. The molecule has 4 atom stereocenters. The van der Waals surface area contributed by atoms with Crippen molar-refractivity contribution in [2.24, 2.45) is 0 Å². The van der Waals surface area contributed by atoms with Crippen LogP contribution in [0.15, 0.2) is 0 Å². The Kier molecular flexibility index (Phi) is 1.51. The summed E-state index contributed by atoms with van der Waals surface area (Å²) in [5.74, 6) is 0. The molecule has 5 saturated heterocycles. The van der Waals surface area contributed by atoms with Crippen molar-refractivity contribution >= 4 is 12.8 Å². The molecule has 86 valence electrons. The van der Waals surface area contributed by atoms with E-state index in [-0.39, 0.29) is 0 Å². The Morgan fingerprint density at radius 1 is 0.688 bits per heavy atom. The summed E-state index contributed by atoms with van der Waals surface area (Å²) in [6.07, 6.45) is -2.55. The summed E-state index contributed by atoms with van der Waals surface area (Å²) in [4.78, 5) is 24.7. The number of rotatable bonds is 2. The molecule has 0 saturated carbocycles. The first kappa shape index (κ1) is 8.88. The number of amides is 2. The zero-order chi connectivity index (χ0) is 10.9. The fourth-order valence-electron chi connectivity index (χ4n) is 2.54. The van der Waals surface area contributed by atoms with E-state index in [1.807, 2.05) is 0 Å².